The quantitative estimate of drug-likeness (QED) is 0.624. The molecule has 0 unspecified atom stereocenters. The third-order valence-corrected chi connectivity index (χ3v) is 1.90. The number of H-pyrrole nitrogens is 1. The number of hydrogen-bond donors (Lipinski definition) is 1. The van der Waals surface area contributed by atoms with Gasteiger partial charge in [-0.05, 0) is 6.26 Å². The van der Waals surface area contributed by atoms with E-state index in [4.69, 9.17) is 0 Å². The molecule has 5 nitrogen and oxygen atoms in total. The first-order chi connectivity index (χ1) is 5.65. The van der Waals surface area contributed by atoms with Crippen LogP contribution in [0.2, 0.25) is 0 Å². The fraction of sp³-hybridized carbons (Fsp3) is 0.500. The largest absolute Gasteiger partial charge is 0.338 e. The SMILES string of the molecule is CSCc1nc(=O)c(=O)[nH]n1C. The standard InChI is InChI=1S/C6H9N3O2S/c1-9-4(3-12-2)7-5(10)6(11)8-9/h3H2,1-2H3,(H,8,11). The zero-order valence-electron chi connectivity index (χ0n) is 6.83. The molecule has 0 saturated carbocycles. The average molecular weight is 187 g/mol. The predicted octanol–water partition coefficient (Wildman–Crippen LogP) is -0.668. The molecule has 0 atom stereocenters. The Labute approximate surface area is 72.8 Å². The molecule has 12 heavy (non-hydrogen) atoms. The fourth-order valence-electron chi connectivity index (χ4n) is 0.766. The van der Waals surface area contributed by atoms with Crippen LogP contribution in [-0.4, -0.2) is 21.0 Å². The van der Waals surface area contributed by atoms with E-state index in [2.05, 4.69) is 10.1 Å². The van der Waals surface area contributed by atoms with Crippen LogP contribution < -0.4 is 11.1 Å². The van der Waals surface area contributed by atoms with Gasteiger partial charge in [0.25, 0.3) is 0 Å². The van der Waals surface area contributed by atoms with Gasteiger partial charge in [0.05, 0.1) is 5.75 Å². The molecule has 0 aliphatic heterocycles. The van der Waals surface area contributed by atoms with E-state index >= 15 is 0 Å². The molecule has 1 aromatic rings. The van der Waals surface area contributed by atoms with Crippen molar-refractivity contribution in [2.45, 2.75) is 5.75 Å². The Morgan fingerprint density at radius 1 is 1.58 bits per heavy atom. The Morgan fingerprint density at radius 2 is 2.25 bits per heavy atom. The molecule has 1 aromatic heterocycles. The number of rotatable bonds is 2. The summed E-state index contributed by atoms with van der Waals surface area (Å²) >= 11 is 1.54. The minimum absolute atomic E-state index is 0.576. The van der Waals surface area contributed by atoms with Crippen LogP contribution in [0, 0.1) is 0 Å². The summed E-state index contributed by atoms with van der Waals surface area (Å²) < 4.78 is 1.46. The van der Waals surface area contributed by atoms with Gasteiger partial charge in [-0.25, -0.2) is 0 Å². The molecule has 0 fully saturated rings. The van der Waals surface area contributed by atoms with Gasteiger partial charge in [0.2, 0.25) is 0 Å². The van der Waals surface area contributed by atoms with Gasteiger partial charge in [-0.1, -0.05) is 0 Å². The summed E-state index contributed by atoms with van der Waals surface area (Å²) in [5.41, 5.74) is -1.40. The molecule has 1 rings (SSSR count). The van der Waals surface area contributed by atoms with Crippen molar-refractivity contribution >= 4 is 11.8 Å². The van der Waals surface area contributed by atoms with Crippen molar-refractivity contribution < 1.29 is 0 Å². The minimum Gasteiger partial charge on any atom is -0.274 e. The van der Waals surface area contributed by atoms with E-state index in [1.165, 1.54) is 16.4 Å². The van der Waals surface area contributed by atoms with Crippen LogP contribution in [0.3, 0.4) is 0 Å². The normalized spacial score (nSPS) is 10.2. The molecule has 0 bridgehead atoms. The van der Waals surface area contributed by atoms with Gasteiger partial charge in [-0.3, -0.25) is 19.4 Å². The van der Waals surface area contributed by atoms with E-state index in [-0.39, 0.29) is 0 Å². The van der Waals surface area contributed by atoms with Crippen molar-refractivity contribution in [2.24, 2.45) is 7.05 Å². The van der Waals surface area contributed by atoms with E-state index in [0.29, 0.717) is 11.6 Å². The molecule has 0 saturated heterocycles. The average Bonchev–Trinajstić information content (AvgIpc) is 2.01. The predicted molar refractivity (Wildman–Crippen MR) is 47.3 cm³/mol. The first kappa shape index (κ1) is 9.05. The van der Waals surface area contributed by atoms with Crippen molar-refractivity contribution in [3.05, 3.63) is 26.5 Å². The summed E-state index contributed by atoms with van der Waals surface area (Å²) in [6, 6.07) is 0. The van der Waals surface area contributed by atoms with Gasteiger partial charge in [-0.2, -0.15) is 16.7 Å². The molecule has 0 spiro atoms. The van der Waals surface area contributed by atoms with Crippen molar-refractivity contribution in [2.75, 3.05) is 6.26 Å². The number of aromatic nitrogens is 3. The maximum atomic E-state index is 10.8. The summed E-state index contributed by atoms with van der Waals surface area (Å²) in [7, 11) is 1.65. The number of thioether (sulfide) groups is 1. The lowest BCUT2D eigenvalue weighted by Crippen LogP contribution is -2.34. The van der Waals surface area contributed by atoms with Crippen LogP contribution in [0.4, 0.5) is 0 Å². The van der Waals surface area contributed by atoms with E-state index in [1.54, 1.807) is 7.05 Å². The molecule has 6 heteroatoms. The topological polar surface area (TPSA) is 67.8 Å². The third-order valence-electron chi connectivity index (χ3n) is 1.35. The van der Waals surface area contributed by atoms with Crippen molar-refractivity contribution in [1.82, 2.24) is 14.8 Å². The van der Waals surface area contributed by atoms with Crippen molar-refractivity contribution in [3.8, 4) is 0 Å². The number of aromatic amines is 1. The monoisotopic (exact) mass is 187 g/mol. The van der Waals surface area contributed by atoms with Gasteiger partial charge < -0.3 is 0 Å². The van der Waals surface area contributed by atoms with E-state index < -0.39 is 11.1 Å². The van der Waals surface area contributed by atoms with Crippen LogP contribution in [0.25, 0.3) is 0 Å². The first-order valence-electron chi connectivity index (χ1n) is 3.30. The second-order valence-electron chi connectivity index (χ2n) is 2.27. The first-order valence-corrected chi connectivity index (χ1v) is 4.69. The minimum atomic E-state index is -0.725. The highest BCUT2D eigenvalue weighted by Crippen LogP contribution is 2.00. The Balaban J connectivity index is 3.23. The summed E-state index contributed by atoms with van der Waals surface area (Å²) in [4.78, 5) is 25.1. The molecule has 0 aliphatic carbocycles. The molecule has 66 valence electrons. The van der Waals surface area contributed by atoms with Gasteiger partial charge in [0, 0.05) is 7.05 Å². The Kier molecular flexibility index (Phi) is 2.69. The number of hydrogen-bond acceptors (Lipinski definition) is 4. The molecule has 0 aromatic carbocycles. The van der Waals surface area contributed by atoms with Crippen LogP contribution in [0.15, 0.2) is 9.59 Å². The van der Waals surface area contributed by atoms with E-state index in [0.717, 1.165) is 0 Å². The second kappa shape index (κ2) is 3.57. The third kappa shape index (κ3) is 1.76. The highest BCUT2D eigenvalue weighted by molar-refractivity contribution is 7.97. The van der Waals surface area contributed by atoms with Gasteiger partial charge in [0.15, 0.2) is 0 Å². The fourth-order valence-corrected chi connectivity index (χ4v) is 1.28. The van der Waals surface area contributed by atoms with Gasteiger partial charge in [0.1, 0.15) is 5.82 Å². The molecule has 0 aliphatic rings. The lowest BCUT2D eigenvalue weighted by molar-refractivity contribution is 0.647. The second-order valence-corrected chi connectivity index (χ2v) is 3.13. The molecule has 0 radical (unpaired) electrons. The molecule has 1 heterocycles. The van der Waals surface area contributed by atoms with Gasteiger partial charge in [-0.15, -0.1) is 0 Å². The highest BCUT2D eigenvalue weighted by Gasteiger charge is 2.01. The molecular formula is C6H9N3O2S. The summed E-state index contributed by atoms with van der Waals surface area (Å²) in [6.07, 6.45) is 1.90. The number of nitrogens with zero attached hydrogens (tertiary/aromatic N) is 2. The van der Waals surface area contributed by atoms with Crippen LogP contribution in [0.1, 0.15) is 5.82 Å². The number of aryl methyl sites for hydroxylation is 1. The maximum absolute atomic E-state index is 10.8. The smallest absolute Gasteiger partial charge is 0.274 e. The Hall–Kier alpha value is -1.04. The molecule has 0 amide bonds. The number of nitrogens with one attached hydrogen (secondary N) is 1. The Bertz CT molecular complexity index is 381. The zero-order valence-corrected chi connectivity index (χ0v) is 7.64. The summed E-state index contributed by atoms with van der Waals surface area (Å²) in [6.45, 7) is 0. The lowest BCUT2D eigenvalue weighted by Gasteiger charge is -2.03. The summed E-state index contributed by atoms with van der Waals surface area (Å²) in [5, 5.41) is 2.36. The van der Waals surface area contributed by atoms with Crippen molar-refractivity contribution in [3.63, 3.8) is 0 Å². The van der Waals surface area contributed by atoms with Crippen LogP contribution >= 0.6 is 11.8 Å². The lowest BCUT2D eigenvalue weighted by atomic mass is 10.6. The Morgan fingerprint density at radius 3 is 2.83 bits per heavy atom. The highest BCUT2D eigenvalue weighted by atomic mass is 32.2. The van der Waals surface area contributed by atoms with Crippen molar-refractivity contribution in [1.29, 1.82) is 0 Å². The van der Waals surface area contributed by atoms with Gasteiger partial charge >= 0.3 is 11.1 Å². The van der Waals surface area contributed by atoms with Crippen LogP contribution in [-0.2, 0) is 12.8 Å². The molecule has 1 N–H and O–H groups in total. The van der Waals surface area contributed by atoms with Crippen LogP contribution in [0.5, 0.6) is 0 Å². The summed E-state index contributed by atoms with van der Waals surface area (Å²) in [5.74, 6) is 1.19. The zero-order chi connectivity index (χ0) is 9.14. The van der Waals surface area contributed by atoms with E-state index in [1.807, 2.05) is 6.26 Å². The molecular weight excluding hydrogens is 178 g/mol. The maximum Gasteiger partial charge on any atom is 0.338 e. The van der Waals surface area contributed by atoms with E-state index in [9.17, 15) is 9.59 Å².